The highest BCUT2D eigenvalue weighted by molar-refractivity contribution is 8.03. The molecule has 0 aromatic carbocycles. The van der Waals surface area contributed by atoms with Gasteiger partial charge in [-0.05, 0) is 6.92 Å². The lowest BCUT2D eigenvalue weighted by atomic mass is 9.79. The summed E-state index contributed by atoms with van der Waals surface area (Å²) in [5.41, 5.74) is 0.221. The predicted molar refractivity (Wildman–Crippen MR) is 121 cm³/mol. The van der Waals surface area contributed by atoms with Gasteiger partial charge in [-0.15, -0.1) is 23.1 Å². The molecule has 0 saturated carbocycles. The summed E-state index contributed by atoms with van der Waals surface area (Å²) < 4.78 is 0. The summed E-state index contributed by atoms with van der Waals surface area (Å²) in [5, 5.41) is 42.7. The van der Waals surface area contributed by atoms with E-state index in [0.29, 0.717) is 23.1 Å². The number of carboxylic acid groups (broad SMARTS) is 1. The molecule has 2 fully saturated rings. The molecule has 11 nitrogen and oxygen atoms in total. The van der Waals surface area contributed by atoms with E-state index in [1.165, 1.54) is 28.0 Å². The van der Waals surface area contributed by atoms with E-state index < -0.39 is 29.9 Å². The van der Waals surface area contributed by atoms with Gasteiger partial charge >= 0.3 is 5.97 Å². The Morgan fingerprint density at radius 2 is 2.00 bits per heavy atom. The molecule has 0 spiro atoms. The SMILES string of the molecule is C[C@@H](O)[C@H]1C(=O)N2C(C(=O)O)=C(SC3CN(c4nc(C(=O)NC(CO)CO)cs4)C3)[C@H](C)[C@H]12. The van der Waals surface area contributed by atoms with Gasteiger partial charge in [0.05, 0.1) is 37.3 Å². The van der Waals surface area contributed by atoms with Crippen LogP contribution in [0.5, 0.6) is 0 Å². The summed E-state index contributed by atoms with van der Waals surface area (Å²) >= 11 is 2.75. The van der Waals surface area contributed by atoms with Gasteiger partial charge in [-0.1, -0.05) is 6.92 Å². The number of hydrogen-bond donors (Lipinski definition) is 5. The van der Waals surface area contributed by atoms with Crippen LogP contribution in [0.3, 0.4) is 0 Å². The normalized spacial score (nSPS) is 25.8. The van der Waals surface area contributed by atoms with Gasteiger partial charge in [-0.3, -0.25) is 9.59 Å². The molecule has 4 heterocycles. The molecule has 5 N–H and O–H groups in total. The molecule has 0 unspecified atom stereocenters. The summed E-state index contributed by atoms with van der Waals surface area (Å²) in [5.74, 6) is -2.71. The number of aliphatic carboxylic acids is 1. The number of rotatable bonds is 9. The Morgan fingerprint density at radius 3 is 2.58 bits per heavy atom. The van der Waals surface area contributed by atoms with E-state index >= 15 is 0 Å². The molecule has 2 saturated heterocycles. The molecule has 0 aliphatic carbocycles. The lowest BCUT2D eigenvalue weighted by Crippen LogP contribution is -2.63. The van der Waals surface area contributed by atoms with Crippen molar-refractivity contribution in [2.75, 3.05) is 31.2 Å². The van der Waals surface area contributed by atoms with Crippen molar-refractivity contribution < 1.29 is 34.8 Å². The van der Waals surface area contributed by atoms with Gasteiger partial charge in [-0.2, -0.15) is 0 Å². The second-order valence-electron chi connectivity index (χ2n) is 8.47. The number of carboxylic acids is 1. The average molecular weight is 499 g/mol. The molecule has 0 radical (unpaired) electrons. The van der Waals surface area contributed by atoms with Crippen molar-refractivity contribution in [1.29, 1.82) is 0 Å². The van der Waals surface area contributed by atoms with E-state index in [9.17, 15) is 24.6 Å². The van der Waals surface area contributed by atoms with Gasteiger partial charge in [0, 0.05) is 34.5 Å². The number of nitrogens with one attached hydrogen (secondary N) is 1. The van der Waals surface area contributed by atoms with Crippen LogP contribution in [0, 0.1) is 11.8 Å². The van der Waals surface area contributed by atoms with Gasteiger partial charge in [0.15, 0.2) is 5.13 Å². The maximum absolute atomic E-state index is 12.4. The Hall–Kier alpha value is -2.19. The fourth-order valence-corrected chi connectivity index (χ4v) is 6.79. The Morgan fingerprint density at radius 1 is 1.33 bits per heavy atom. The lowest BCUT2D eigenvalue weighted by Gasteiger charge is -2.46. The predicted octanol–water partition coefficient (Wildman–Crippen LogP) is -0.698. The van der Waals surface area contributed by atoms with Crippen molar-refractivity contribution in [3.63, 3.8) is 0 Å². The number of aromatic nitrogens is 1. The summed E-state index contributed by atoms with van der Waals surface area (Å²) in [6, 6.07) is -1.08. The molecular weight excluding hydrogens is 472 g/mol. The van der Waals surface area contributed by atoms with Crippen molar-refractivity contribution in [3.8, 4) is 0 Å². The van der Waals surface area contributed by atoms with Crippen LogP contribution in [-0.2, 0) is 9.59 Å². The molecule has 1 aromatic heterocycles. The maximum Gasteiger partial charge on any atom is 0.353 e. The van der Waals surface area contributed by atoms with Crippen molar-refractivity contribution >= 4 is 46.0 Å². The Labute approximate surface area is 198 Å². The number of β-lactam (4-membered cyclic amide) rings is 1. The Balaban J connectivity index is 1.39. The van der Waals surface area contributed by atoms with Gasteiger partial charge in [0.2, 0.25) is 5.91 Å². The minimum absolute atomic E-state index is 0.0216. The topological polar surface area (TPSA) is 164 Å². The second kappa shape index (κ2) is 9.22. The molecule has 0 bridgehead atoms. The van der Waals surface area contributed by atoms with Crippen LogP contribution in [0.25, 0.3) is 0 Å². The van der Waals surface area contributed by atoms with Gasteiger partial charge in [0.1, 0.15) is 11.4 Å². The van der Waals surface area contributed by atoms with Crippen molar-refractivity contribution in [2.24, 2.45) is 11.8 Å². The minimum Gasteiger partial charge on any atom is -0.477 e. The summed E-state index contributed by atoms with van der Waals surface area (Å²) in [4.78, 5) is 44.8. The lowest BCUT2D eigenvalue weighted by molar-refractivity contribution is -0.163. The van der Waals surface area contributed by atoms with Gasteiger partial charge < -0.3 is 35.5 Å². The zero-order valence-corrected chi connectivity index (χ0v) is 19.7. The third kappa shape index (κ3) is 4.12. The molecule has 3 aliphatic heterocycles. The molecule has 4 rings (SSSR count). The van der Waals surface area contributed by atoms with Crippen molar-refractivity contribution in [3.05, 3.63) is 21.7 Å². The van der Waals surface area contributed by atoms with Crippen LogP contribution in [0.2, 0.25) is 0 Å². The minimum atomic E-state index is -1.14. The third-order valence-electron chi connectivity index (χ3n) is 6.22. The molecule has 4 atom stereocenters. The van der Waals surface area contributed by atoms with E-state index in [-0.39, 0.29) is 47.7 Å². The number of anilines is 1. The first-order valence-electron chi connectivity index (χ1n) is 10.6. The number of carbonyl (C=O) groups excluding carboxylic acids is 2. The summed E-state index contributed by atoms with van der Waals surface area (Å²) in [7, 11) is 0. The van der Waals surface area contributed by atoms with Crippen LogP contribution in [0.15, 0.2) is 16.0 Å². The molecule has 13 heteroatoms. The highest BCUT2D eigenvalue weighted by Gasteiger charge is 2.60. The number of aliphatic hydroxyl groups excluding tert-OH is 3. The number of hydrogen-bond acceptors (Lipinski definition) is 10. The van der Waals surface area contributed by atoms with E-state index in [2.05, 4.69) is 10.3 Å². The standard InChI is InChI=1S/C20H26N4O7S2/c1-8-14-13(9(2)27)18(29)24(14)15(19(30)31)16(8)33-11-3-23(4-11)20-22-12(7-32-20)17(28)21-10(5-25)6-26/h7-11,13-14,25-27H,3-6H2,1-2H3,(H,21,28)(H,30,31)/t8-,9-,13-,14-/m1/s1. The largest absolute Gasteiger partial charge is 0.477 e. The number of nitrogens with zero attached hydrogens (tertiary/aromatic N) is 3. The van der Waals surface area contributed by atoms with Crippen LogP contribution in [0.4, 0.5) is 5.13 Å². The summed E-state index contributed by atoms with van der Waals surface area (Å²) in [6.45, 7) is 3.91. The van der Waals surface area contributed by atoms with Crippen molar-refractivity contribution in [2.45, 2.75) is 37.3 Å². The average Bonchev–Trinajstić information content (AvgIpc) is 3.30. The van der Waals surface area contributed by atoms with Crippen LogP contribution >= 0.6 is 23.1 Å². The zero-order chi connectivity index (χ0) is 24.0. The molecule has 1 aromatic rings. The molecule has 33 heavy (non-hydrogen) atoms. The number of carbonyl (C=O) groups is 3. The molecular formula is C20H26N4O7S2. The zero-order valence-electron chi connectivity index (χ0n) is 18.0. The Kier molecular flexibility index (Phi) is 6.69. The van der Waals surface area contributed by atoms with Crippen LogP contribution in [-0.4, -0.2) is 97.8 Å². The molecule has 2 amide bonds. The number of aliphatic hydroxyl groups is 3. The number of thiazole rings is 1. The maximum atomic E-state index is 12.4. The smallest absolute Gasteiger partial charge is 0.353 e. The highest BCUT2D eigenvalue weighted by Crippen LogP contribution is 2.52. The Bertz CT molecular complexity index is 987. The van der Waals surface area contributed by atoms with E-state index in [0.717, 1.165) is 0 Å². The second-order valence-corrected chi connectivity index (χ2v) is 10.6. The fraction of sp³-hybridized carbons (Fsp3) is 0.600. The fourth-order valence-electron chi connectivity index (χ4n) is 4.45. The van der Waals surface area contributed by atoms with Crippen LogP contribution in [0.1, 0.15) is 24.3 Å². The molecule has 3 aliphatic rings. The first kappa shape index (κ1) is 24.0. The first-order valence-corrected chi connectivity index (χ1v) is 12.3. The van der Waals surface area contributed by atoms with Crippen molar-refractivity contribution in [1.82, 2.24) is 15.2 Å². The summed E-state index contributed by atoms with van der Waals surface area (Å²) in [6.07, 6.45) is -0.832. The van der Waals surface area contributed by atoms with Gasteiger partial charge in [0.25, 0.3) is 5.91 Å². The quantitative estimate of drug-likeness (QED) is 0.275. The number of amides is 2. The van der Waals surface area contributed by atoms with E-state index in [1.807, 2.05) is 11.8 Å². The van der Waals surface area contributed by atoms with E-state index in [1.54, 1.807) is 12.3 Å². The third-order valence-corrected chi connectivity index (χ3v) is 8.58. The number of thioether (sulfide) groups is 1. The van der Waals surface area contributed by atoms with E-state index in [4.69, 9.17) is 10.2 Å². The van der Waals surface area contributed by atoms with Crippen LogP contribution < -0.4 is 10.2 Å². The first-order chi connectivity index (χ1) is 15.7. The highest BCUT2D eigenvalue weighted by atomic mass is 32.2. The number of fused-ring (bicyclic) bond motifs is 1. The monoisotopic (exact) mass is 498 g/mol. The van der Waals surface area contributed by atoms with Gasteiger partial charge in [-0.25, -0.2) is 9.78 Å². The molecule has 180 valence electrons.